The third-order valence-electron chi connectivity index (χ3n) is 4.80. The van der Waals surface area contributed by atoms with E-state index < -0.39 is 10.8 Å². The topological polar surface area (TPSA) is 56.7 Å². The highest BCUT2D eigenvalue weighted by atomic mass is 32.2. The SMILES string of the molecule is CCNC(=NCCS(=O)Cc1ccccc1)NC1CN(C(C)C)CC1C. The van der Waals surface area contributed by atoms with Crippen molar-refractivity contribution in [2.45, 2.75) is 45.5 Å². The minimum atomic E-state index is -0.885. The van der Waals surface area contributed by atoms with Crippen LogP contribution in [0, 0.1) is 5.92 Å². The summed E-state index contributed by atoms with van der Waals surface area (Å²) in [6.07, 6.45) is 0. The van der Waals surface area contributed by atoms with Crippen LogP contribution >= 0.6 is 0 Å². The molecule has 0 aromatic heterocycles. The third kappa shape index (κ3) is 6.72. The lowest BCUT2D eigenvalue weighted by atomic mass is 10.1. The molecule has 1 aromatic rings. The monoisotopic (exact) mass is 378 g/mol. The van der Waals surface area contributed by atoms with Gasteiger partial charge in [0, 0.05) is 54.0 Å². The van der Waals surface area contributed by atoms with Crippen LogP contribution in [-0.4, -0.2) is 59.1 Å². The van der Waals surface area contributed by atoms with Crippen molar-refractivity contribution in [3.63, 3.8) is 0 Å². The maximum absolute atomic E-state index is 12.3. The summed E-state index contributed by atoms with van der Waals surface area (Å²) in [6.45, 7) is 12.4. The molecule has 0 spiro atoms. The molecule has 1 fully saturated rings. The van der Waals surface area contributed by atoms with Gasteiger partial charge in [-0.1, -0.05) is 37.3 Å². The molecule has 1 heterocycles. The van der Waals surface area contributed by atoms with Gasteiger partial charge in [0.2, 0.25) is 0 Å². The Balaban J connectivity index is 1.83. The van der Waals surface area contributed by atoms with E-state index in [9.17, 15) is 4.21 Å². The normalized spacial score (nSPS) is 22.6. The first-order valence-electron chi connectivity index (χ1n) is 9.67. The van der Waals surface area contributed by atoms with Gasteiger partial charge in [-0.3, -0.25) is 14.1 Å². The van der Waals surface area contributed by atoms with Gasteiger partial charge < -0.3 is 10.6 Å². The molecule has 146 valence electrons. The van der Waals surface area contributed by atoms with Crippen LogP contribution in [0.4, 0.5) is 0 Å². The Kier molecular flexibility index (Phi) is 8.59. The Morgan fingerprint density at radius 2 is 2.04 bits per heavy atom. The molecule has 3 atom stereocenters. The van der Waals surface area contributed by atoms with E-state index in [0.29, 0.717) is 36.1 Å². The summed E-state index contributed by atoms with van der Waals surface area (Å²) in [6, 6.07) is 11.0. The summed E-state index contributed by atoms with van der Waals surface area (Å²) in [7, 11) is -0.885. The average Bonchev–Trinajstić information content (AvgIpc) is 2.97. The van der Waals surface area contributed by atoms with Gasteiger partial charge >= 0.3 is 0 Å². The lowest BCUT2D eigenvalue weighted by molar-refractivity contribution is 0.265. The Bertz CT molecular complexity index is 591. The number of likely N-dealkylation sites (tertiary alicyclic amines) is 1. The zero-order valence-electron chi connectivity index (χ0n) is 16.6. The van der Waals surface area contributed by atoms with Crippen LogP contribution in [0.5, 0.6) is 0 Å². The van der Waals surface area contributed by atoms with Crippen LogP contribution < -0.4 is 10.6 Å². The highest BCUT2D eigenvalue weighted by Gasteiger charge is 2.31. The van der Waals surface area contributed by atoms with Gasteiger partial charge in [-0.2, -0.15) is 0 Å². The molecular formula is C20H34N4OS. The van der Waals surface area contributed by atoms with E-state index in [-0.39, 0.29) is 0 Å². The first kappa shape index (κ1) is 20.9. The fraction of sp³-hybridized carbons (Fsp3) is 0.650. The molecule has 0 amide bonds. The Hall–Kier alpha value is -1.40. The van der Waals surface area contributed by atoms with Crippen molar-refractivity contribution in [2.75, 3.05) is 31.9 Å². The predicted octanol–water partition coefficient (Wildman–Crippen LogP) is 2.22. The second-order valence-corrected chi connectivity index (χ2v) is 8.89. The van der Waals surface area contributed by atoms with E-state index in [0.717, 1.165) is 31.2 Å². The van der Waals surface area contributed by atoms with Gasteiger partial charge in [0.25, 0.3) is 0 Å². The van der Waals surface area contributed by atoms with Crippen LogP contribution in [0.25, 0.3) is 0 Å². The van der Waals surface area contributed by atoms with Crippen LogP contribution in [-0.2, 0) is 16.6 Å². The summed E-state index contributed by atoms with van der Waals surface area (Å²) < 4.78 is 12.3. The van der Waals surface area contributed by atoms with Crippen molar-refractivity contribution in [1.29, 1.82) is 0 Å². The molecular weight excluding hydrogens is 344 g/mol. The zero-order valence-corrected chi connectivity index (χ0v) is 17.4. The van der Waals surface area contributed by atoms with Crippen LogP contribution in [0.1, 0.15) is 33.3 Å². The molecule has 0 radical (unpaired) electrons. The first-order valence-corrected chi connectivity index (χ1v) is 11.2. The highest BCUT2D eigenvalue weighted by Crippen LogP contribution is 2.18. The van der Waals surface area contributed by atoms with Crippen molar-refractivity contribution in [2.24, 2.45) is 10.9 Å². The molecule has 0 saturated carbocycles. The van der Waals surface area contributed by atoms with E-state index in [2.05, 4.69) is 48.2 Å². The molecule has 0 bridgehead atoms. The van der Waals surface area contributed by atoms with Crippen LogP contribution in [0.2, 0.25) is 0 Å². The van der Waals surface area contributed by atoms with Crippen molar-refractivity contribution in [3.8, 4) is 0 Å². The molecule has 2 rings (SSSR count). The quantitative estimate of drug-likeness (QED) is 0.538. The predicted molar refractivity (Wildman–Crippen MR) is 112 cm³/mol. The number of nitrogens with one attached hydrogen (secondary N) is 2. The summed E-state index contributed by atoms with van der Waals surface area (Å²) in [5.74, 6) is 2.62. The number of rotatable bonds is 8. The molecule has 26 heavy (non-hydrogen) atoms. The largest absolute Gasteiger partial charge is 0.357 e. The van der Waals surface area contributed by atoms with Crippen molar-refractivity contribution in [3.05, 3.63) is 35.9 Å². The standard InChI is InChI=1S/C20H34N4OS/c1-5-21-20(23-19-14-24(16(2)3)13-17(19)4)22-11-12-26(25)15-18-9-7-6-8-10-18/h6-10,16-17,19H,5,11-15H2,1-4H3,(H2,21,22,23). The van der Waals surface area contributed by atoms with Gasteiger partial charge in [-0.25, -0.2) is 0 Å². The minimum Gasteiger partial charge on any atom is -0.357 e. The van der Waals surface area contributed by atoms with Gasteiger partial charge in [-0.15, -0.1) is 0 Å². The zero-order chi connectivity index (χ0) is 18.9. The fourth-order valence-corrected chi connectivity index (χ4v) is 4.20. The van der Waals surface area contributed by atoms with E-state index in [4.69, 9.17) is 0 Å². The summed E-state index contributed by atoms with van der Waals surface area (Å²) in [5, 5.41) is 6.89. The smallest absolute Gasteiger partial charge is 0.191 e. The first-order chi connectivity index (χ1) is 12.5. The minimum absolute atomic E-state index is 0.407. The summed E-state index contributed by atoms with van der Waals surface area (Å²) >= 11 is 0. The van der Waals surface area contributed by atoms with Gasteiger partial charge in [0.1, 0.15) is 0 Å². The Labute approximate surface area is 161 Å². The lowest BCUT2D eigenvalue weighted by Gasteiger charge is -2.21. The maximum atomic E-state index is 12.3. The summed E-state index contributed by atoms with van der Waals surface area (Å²) in [4.78, 5) is 7.15. The van der Waals surface area contributed by atoms with Gasteiger partial charge in [0.05, 0.1) is 6.54 Å². The van der Waals surface area contributed by atoms with Crippen molar-refractivity contribution in [1.82, 2.24) is 15.5 Å². The lowest BCUT2D eigenvalue weighted by Crippen LogP contribution is -2.47. The molecule has 2 N–H and O–H groups in total. The van der Waals surface area contributed by atoms with Gasteiger partial charge in [0.15, 0.2) is 5.96 Å². The number of aliphatic imine (C=N–C) groups is 1. The number of hydrogen-bond acceptors (Lipinski definition) is 3. The second-order valence-electron chi connectivity index (χ2n) is 7.31. The Morgan fingerprint density at radius 3 is 2.65 bits per heavy atom. The molecule has 6 heteroatoms. The molecule has 1 aromatic carbocycles. The third-order valence-corrected chi connectivity index (χ3v) is 6.09. The number of benzene rings is 1. The number of nitrogens with zero attached hydrogens (tertiary/aromatic N) is 2. The average molecular weight is 379 g/mol. The number of guanidine groups is 1. The molecule has 3 unspecified atom stereocenters. The molecule has 1 saturated heterocycles. The van der Waals surface area contributed by atoms with Crippen molar-refractivity contribution >= 4 is 16.8 Å². The van der Waals surface area contributed by atoms with E-state index >= 15 is 0 Å². The van der Waals surface area contributed by atoms with Crippen molar-refractivity contribution < 1.29 is 4.21 Å². The second kappa shape index (κ2) is 10.7. The van der Waals surface area contributed by atoms with E-state index in [1.807, 2.05) is 30.3 Å². The molecule has 1 aliphatic rings. The van der Waals surface area contributed by atoms with E-state index in [1.165, 1.54) is 0 Å². The van der Waals surface area contributed by atoms with E-state index in [1.54, 1.807) is 0 Å². The summed E-state index contributed by atoms with van der Waals surface area (Å²) in [5.41, 5.74) is 1.12. The maximum Gasteiger partial charge on any atom is 0.191 e. The Morgan fingerprint density at radius 1 is 1.31 bits per heavy atom. The highest BCUT2D eigenvalue weighted by molar-refractivity contribution is 7.84. The van der Waals surface area contributed by atoms with Crippen LogP contribution in [0.15, 0.2) is 35.3 Å². The number of hydrogen-bond donors (Lipinski definition) is 2. The molecule has 5 nitrogen and oxygen atoms in total. The van der Waals surface area contributed by atoms with Crippen LogP contribution in [0.3, 0.4) is 0 Å². The fourth-order valence-electron chi connectivity index (χ4n) is 3.20. The van der Waals surface area contributed by atoms with Gasteiger partial charge in [-0.05, 0) is 32.3 Å². The molecule has 0 aliphatic carbocycles. The molecule has 1 aliphatic heterocycles.